The first-order valence-electron chi connectivity index (χ1n) is 6.81. The highest BCUT2D eigenvalue weighted by Crippen LogP contribution is 2.52. The van der Waals surface area contributed by atoms with E-state index in [1.165, 1.54) is 0 Å². The number of hydrogen-bond acceptors (Lipinski definition) is 6. The van der Waals surface area contributed by atoms with E-state index in [9.17, 15) is 14.2 Å². The Labute approximate surface area is 129 Å². The molecule has 0 bridgehead atoms. The van der Waals surface area contributed by atoms with Crippen LogP contribution in [0, 0.1) is 0 Å². The van der Waals surface area contributed by atoms with Gasteiger partial charge in [0.25, 0.3) is 0 Å². The zero-order chi connectivity index (χ0) is 16.6. The fourth-order valence-corrected chi connectivity index (χ4v) is 3.56. The van der Waals surface area contributed by atoms with Gasteiger partial charge in [0, 0.05) is 5.56 Å². The summed E-state index contributed by atoms with van der Waals surface area (Å²) >= 11 is 0. The van der Waals surface area contributed by atoms with Crippen molar-refractivity contribution in [1.82, 2.24) is 5.32 Å². The van der Waals surface area contributed by atoms with Crippen LogP contribution in [-0.4, -0.2) is 38.0 Å². The van der Waals surface area contributed by atoms with Crippen molar-refractivity contribution in [3.8, 4) is 0 Å². The molecule has 1 amide bonds. The van der Waals surface area contributed by atoms with E-state index in [0.29, 0.717) is 0 Å². The van der Waals surface area contributed by atoms with E-state index in [4.69, 9.17) is 9.05 Å². The summed E-state index contributed by atoms with van der Waals surface area (Å²) in [6, 6.07) is 8.17. The molecule has 0 saturated carbocycles. The number of nitrogens with one attached hydrogen (secondary N) is 1. The van der Waals surface area contributed by atoms with Crippen molar-refractivity contribution in [2.45, 2.75) is 19.6 Å². The summed E-state index contributed by atoms with van der Waals surface area (Å²) in [7, 11) is -2.74. The summed E-state index contributed by atoms with van der Waals surface area (Å²) in [4.78, 5) is 24.1. The Morgan fingerprint density at radius 2 is 1.68 bits per heavy atom. The second-order valence-corrected chi connectivity index (χ2v) is 6.26. The molecule has 0 aromatic heterocycles. The molecule has 8 heteroatoms. The van der Waals surface area contributed by atoms with Gasteiger partial charge in [0.05, 0.1) is 20.3 Å². The number of carbonyl (C=O) groups excluding carboxylic acids is 2. The zero-order valence-electron chi connectivity index (χ0n) is 12.8. The number of ketones is 1. The van der Waals surface area contributed by atoms with Gasteiger partial charge in [-0.05, 0) is 13.8 Å². The van der Waals surface area contributed by atoms with E-state index in [0.717, 1.165) is 7.11 Å². The average molecular weight is 329 g/mol. The molecule has 1 atom stereocenters. The fourth-order valence-electron chi connectivity index (χ4n) is 1.77. The van der Waals surface area contributed by atoms with Gasteiger partial charge in [-0.3, -0.25) is 9.36 Å². The van der Waals surface area contributed by atoms with Gasteiger partial charge in [-0.1, -0.05) is 30.3 Å². The molecule has 0 aliphatic carbocycles. The maximum atomic E-state index is 12.8. The molecule has 0 unspecified atom stereocenters. The van der Waals surface area contributed by atoms with Gasteiger partial charge in [-0.2, -0.15) is 0 Å². The number of rotatable bonds is 8. The molecule has 0 aliphatic heterocycles. The standard InChI is InChI=1S/C14H20NO6P/c1-4-20-22(18,21-5-2)13(15-14(17)19-3)12(16)11-9-7-6-8-10-11/h6-10,13H,4-5H2,1-3H3,(H,15,17)/t13-/m0/s1. The molecule has 1 aromatic rings. The van der Waals surface area contributed by atoms with Crippen LogP contribution in [0.25, 0.3) is 0 Å². The van der Waals surface area contributed by atoms with E-state index in [-0.39, 0.29) is 18.8 Å². The van der Waals surface area contributed by atoms with Gasteiger partial charge in [0.15, 0.2) is 11.6 Å². The van der Waals surface area contributed by atoms with Crippen LogP contribution < -0.4 is 5.32 Å². The SMILES string of the molecule is CCOP(=O)(OCC)[C@H](NC(=O)OC)C(=O)c1ccccc1. The van der Waals surface area contributed by atoms with Gasteiger partial charge in [-0.15, -0.1) is 0 Å². The number of alkyl carbamates (subject to hydrolysis) is 1. The van der Waals surface area contributed by atoms with Crippen molar-refractivity contribution in [3.05, 3.63) is 35.9 Å². The highest BCUT2D eigenvalue weighted by Gasteiger charge is 2.42. The molecule has 0 aliphatic rings. The molecule has 22 heavy (non-hydrogen) atoms. The Kier molecular flexibility index (Phi) is 7.24. The Balaban J connectivity index is 3.18. The molecule has 122 valence electrons. The van der Waals surface area contributed by atoms with Crippen LogP contribution in [0.3, 0.4) is 0 Å². The summed E-state index contributed by atoms with van der Waals surface area (Å²) in [6.45, 7) is 3.37. The van der Waals surface area contributed by atoms with Crippen molar-refractivity contribution in [1.29, 1.82) is 0 Å². The second kappa shape index (κ2) is 8.68. The average Bonchev–Trinajstić information content (AvgIpc) is 2.53. The maximum Gasteiger partial charge on any atom is 0.407 e. The minimum absolute atomic E-state index is 0.0682. The molecule has 0 fully saturated rings. The van der Waals surface area contributed by atoms with Crippen LogP contribution in [0.5, 0.6) is 0 Å². The third-order valence-electron chi connectivity index (χ3n) is 2.68. The quantitative estimate of drug-likeness (QED) is 0.582. The minimum atomic E-state index is -3.88. The number of carbonyl (C=O) groups is 2. The lowest BCUT2D eigenvalue weighted by atomic mass is 10.1. The van der Waals surface area contributed by atoms with Crippen LogP contribution in [-0.2, 0) is 18.3 Å². The molecule has 1 aromatic carbocycles. The summed E-state index contributed by atoms with van der Waals surface area (Å²) in [5.74, 6) is -2.04. The first kappa shape index (κ1) is 18.4. The topological polar surface area (TPSA) is 90.9 Å². The number of ether oxygens (including phenoxy) is 1. The minimum Gasteiger partial charge on any atom is -0.453 e. The predicted octanol–water partition coefficient (Wildman–Crippen LogP) is 2.82. The monoisotopic (exact) mass is 329 g/mol. The van der Waals surface area contributed by atoms with E-state index < -0.39 is 25.3 Å². The Morgan fingerprint density at radius 3 is 2.14 bits per heavy atom. The highest BCUT2D eigenvalue weighted by molar-refractivity contribution is 7.55. The molecule has 1 rings (SSSR count). The van der Waals surface area contributed by atoms with Gasteiger partial charge < -0.3 is 19.1 Å². The van der Waals surface area contributed by atoms with Gasteiger partial charge >= 0.3 is 13.7 Å². The molecule has 7 nitrogen and oxygen atoms in total. The summed E-state index contributed by atoms with van der Waals surface area (Å²) in [5, 5.41) is 2.25. The van der Waals surface area contributed by atoms with Crippen molar-refractivity contribution in [2.75, 3.05) is 20.3 Å². The summed E-state index contributed by atoms with van der Waals surface area (Å²) in [5.41, 5.74) is 0.281. The Bertz CT molecular complexity index is 538. The van der Waals surface area contributed by atoms with Crippen molar-refractivity contribution in [3.63, 3.8) is 0 Å². The molecule has 0 saturated heterocycles. The molecular formula is C14H20NO6P. The number of amides is 1. The normalized spacial score (nSPS) is 12.5. The maximum absolute atomic E-state index is 12.8. The third-order valence-corrected chi connectivity index (χ3v) is 4.91. The molecule has 1 N–H and O–H groups in total. The first-order valence-corrected chi connectivity index (χ1v) is 8.42. The number of methoxy groups -OCH3 is 1. The highest BCUT2D eigenvalue weighted by atomic mass is 31.2. The summed E-state index contributed by atoms with van der Waals surface area (Å²) in [6.07, 6.45) is -0.895. The van der Waals surface area contributed by atoms with Crippen LogP contribution >= 0.6 is 7.60 Å². The zero-order valence-corrected chi connectivity index (χ0v) is 13.7. The third kappa shape index (κ3) is 4.66. The lowest BCUT2D eigenvalue weighted by molar-refractivity contribution is 0.0941. The van der Waals surface area contributed by atoms with Gasteiger partial charge in [-0.25, -0.2) is 4.79 Å². The van der Waals surface area contributed by atoms with Gasteiger partial charge in [0.1, 0.15) is 0 Å². The second-order valence-electron chi connectivity index (χ2n) is 4.14. The predicted molar refractivity (Wildman–Crippen MR) is 81.0 cm³/mol. The van der Waals surface area contributed by atoms with Crippen molar-refractivity contribution >= 4 is 19.5 Å². The lowest BCUT2D eigenvalue weighted by Crippen LogP contribution is -2.41. The Hall–Kier alpha value is -1.69. The molecule has 0 heterocycles. The van der Waals surface area contributed by atoms with E-state index in [1.54, 1.807) is 44.2 Å². The largest absolute Gasteiger partial charge is 0.453 e. The summed E-state index contributed by atoms with van der Waals surface area (Å²) < 4.78 is 27.7. The van der Waals surface area contributed by atoms with E-state index in [1.807, 2.05) is 0 Å². The smallest absolute Gasteiger partial charge is 0.407 e. The number of hydrogen-bond donors (Lipinski definition) is 1. The van der Waals surface area contributed by atoms with Crippen LogP contribution in [0.1, 0.15) is 24.2 Å². The lowest BCUT2D eigenvalue weighted by Gasteiger charge is -2.25. The molecule has 0 spiro atoms. The van der Waals surface area contributed by atoms with Crippen LogP contribution in [0.4, 0.5) is 4.79 Å². The first-order chi connectivity index (χ1) is 10.5. The number of Topliss-reactive ketones (excluding diaryl/α,β-unsaturated/α-hetero) is 1. The van der Waals surface area contributed by atoms with Crippen LogP contribution in [0.2, 0.25) is 0 Å². The van der Waals surface area contributed by atoms with E-state index >= 15 is 0 Å². The van der Waals surface area contributed by atoms with Crippen LogP contribution in [0.15, 0.2) is 30.3 Å². The number of benzene rings is 1. The van der Waals surface area contributed by atoms with Gasteiger partial charge in [0.2, 0.25) is 0 Å². The van der Waals surface area contributed by atoms with Crippen molar-refractivity contribution < 1.29 is 27.9 Å². The van der Waals surface area contributed by atoms with Crippen molar-refractivity contribution in [2.24, 2.45) is 0 Å². The Morgan fingerprint density at radius 1 is 1.14 bits per heavy atom. The van der Waals surface area contributed by atoms with E-state index in [2.05, 4.69) is 10.1 Å². The fraction of sp³-hybridized carbons (Fsp3) is 0.429. The molecule has 0 radical (unpaired) electrons. The molecular weight excluding hydrogens is 309 g/mol.